The van der Waals surface area contributed by atoms with Gasteiger partial charge in [0, 0.05) is 0 Å². The summed E-state index contributed by atoms with van der Waals surface area (Å²) in [6.07, 6.45) is 0. The van der Waals surface area contributed by atoms with Gasteiger partial charge in [0.15, 0.2) is 6.54 Å². The van der Waals surface area contributed by atoms with Crippen LogP contribution in [0.5, 0.6) is 5.75 Å². The second-order valence-corrected chi connectivity index (χ2v) is 8.83. The highest BCUT2D eigenvalue weighted by molar-refractivity contribution is 7.89. The first kappa shape index (κ1) is 20.3. The molecular formula is C20H26N3O4S+. The van der Waals surface area contributed by atoms with E-state index in [0.717, 1.165) is 10.5 Å². The highest BCUT2D eigenvalue weighted by atomic mass is 32.2. The van der Waals surface area contributed by atoms with Gasteiger partial charge >= 0.3 is 0 Å². The first-order chi connectivity index (χ1) is 13.4. The Bertz CT molecular complexity index is 921. The van der Waals surface area contributed by atoms with Crippen molar-refractivity contribution < 1.29 is 22.8 Å². The SMILES string of the molecule is COc1ccccc1NC(=O)C[NH+]1CCN(S(=O)(=O)c2ccc(C)cc2)CC1. The topological polar surface area (TPSA) is 80.2 Å². The Balaban J connectivity index is 1.55. The van der Waals surface area contributed by atoms with Crippen molar-refractivity contribution in [3.63, 3.8) is 0 Å². The van der Waals surface area contributed by atoms with Crippen LogP contribution in [0.3, 0.4) is 0 Å². The van der Waals surface area contributed by atoms with E-state index in [1.807, 2.05) is 19.1 Å². The zero-order chi connectivity index (χ0) is 20.1. The van der Waals surface area contributed by atoms with Crippen LogP contribution in [-0.4, -0.2) is 58.5 Å². The van der Waals surface area contributed by atoms with E-state index < -0.39 is 10.0 Å². The van der Waals surface area contributed by atoms with Gasteiger partial charge in [-0.15, -0.1) is 0 Å². The third-order valence-corrected chi connectivity index (χ3v) is 6.79. The highest BCUT2D eigenvalue weighted by Crippen LogP contribution is 2.22. The molecule has 2 aromatic rings. The Hall–Kier alpha value is -2.42. The van der Waals surface area contributed by atoms with Gasteiger partial charge in [0.2, 0.25) is 10.0 Å². The lowest BCUT2D eigenvalue weighted by molar-refractivity contribution is -0.895. The summed E-state index contributed by atoms with van der Waals surface area (Å²) in [6.45, 7) is 4.18. The Morgan fingerprint density at radius 1 is 1.11 bits per heavy atom. The van der Waals surface area contributed by atoms with Crippen LogP contribution in [-0.2, 0) is 14.8 Å². The molecule has 28 heavy (non-hydrogen) atoms. The fraction of sp³-hybridized carbons (Fsp3) is 0.350. The molecule has 1 saturated heterocycles. The van der Waals surface area contributed by atoms with Crippen molar-refractivity contribution in [1.82, 2.24) is 4.31 Å². The van der Waals surface area contributed by atoms with Crippen LogP contribution in [0.2, 0.25) is 0 Å². The minimum Gasteiger partial charge on any atom is -0.495 e. The molecule has 1 heterocycles. The molecule has 8 heteroatoms. The second kappa shape index (κ2) is 8.72. The number of nitrogens with one attached hydrogen (secondary N) is 2. The lowest BCUT2D eigenvalue weighted by Gasteiger charge is -2.31. The average Bonchev–Trinajstić information content (AvgIpc) is 2.69. The Labute approximate surface area is 166 Å². The molecule has 0 saturated carbocycles. The molecule has 0 atom stereocenters. The number of quaternary nitrogens is 1. The maximum Gasteiger partial charge on any atom is 0.279 e. The van der Waals surface area contributed by atoms with Crippen LogP contribution in [0.15, 0.2) is 53.4 Å². The molecule has 7 nitrogen and oxygen atoms in total. The Morgan fingerprint density at radius 3 is 2.39 bits per heavy atom. The van der Waals surface area contributed by atoms with Gasteiger partial charge in [-0.05, 0) is 31.2 Å². The number of hydrogen-bond acceptors (Lipinski definition) is 4. The Kier molecular flexibility index (Phi) is 6.33. The molecule has 3 rings (SSSR count). The largest absolute Gasteiger partial charge is 0.495 e. The molecule has 0 bridgehead atoms. The number of carbonyl (C=O) groups is 1. The Morgan fingerprint density at radius 2 is 1.75 bits per heavy atom. The summed E-state index contributed by atoms with van der Waals surface area (Å²) in [5.74, 6) is 0.495. The lowest BCUT2D eigenvalue weighted by atomic mass is 10.2. The molecule has 2 aromatic carbocycles. The van der Waals surface area contributed by atoms with Crippen molar-refractivity contribution in [3.8, 4) is 5.75 Å². The third kappa shape index (κ3) is 4.70. The molecule has 1 aliphatic heterocycles. The van der Waals surface area contributed by atoms with Gasteiger partial charge in [-0.1, -0.05) is 29.8 Å². The molecule has 150 valence electrons. The zero-order valence-electron chi connectivity index (χ0n) is 16.1. The number of hydrogen-bond donors (Lipinski definition) is 2. The number of methoxy groups -OCH3 is 1. The summed E-state index contributed by atoms with van der Waals surface area (Å²) in [5.41, 5.74) is 1.66. The summed E-state index contributed by atoms with van der Waals surface area (Å²) in [6, 6.07) is 14.1. The lowest BCUT2D eigenvalue weighted by Crippen LogP contribution is -3.15. The fourth-order valence-electron chi connectivity index (χ4n) is 3.25. The average molecular weight is 405 g/mol. The van der Waals surface area contributed by atoms with E-state index in [4.69, 9.17) is 4.74 Å². The molecule has 0 spiro atoms. The second-order valence-electron chi connectivity index (χ2n) is 6.89. The van der Waals surface area contributed by atoms with Gasteiger partial charge in [-0.25, -0.2) is 8.42 Å². The normalized spacial score (nSPS) is 15.9. The number of para-hydroxylation sites is 2. The van der Waals surface area contributed by atoms with Crippen molar-refractivity contribution >= 4 is 21.6 Å². The molecule has 1 amide bonds. The molecule has 0 aromatic heterocycles. The van der Waals surface area contributed by atoms with Crippen LogP contribution in [0.25, 0.3) is 0 Å². The van der Waals surface area contributed by atoms with Crippen molar-refractivity contribution in [2.75, 3.05) is 45.2 Å². The number of sulfonamides is 1. The molecule has 0 unspecified atom stereocenters. The zero-order valence-corrected chi connectivity index (χ0v) is 17.0. The minimum atomic E-state index is -3.49. The van der Waals surface area contributed by atoms with Gasteiger partial charge in [0.1, 0.15) is 5.75 Å². The van der Waals surface area contributed by atoms with Crippen molar-refractivity contribution in [3.05, 3.63) is 54.1 Å². The van der Waals surface area contributed by atoms with Crippen LogP contribution in [0, 0.1) is 6.92 Å². The molecule has 2 N–H and O–H groups in total. The summed E-state index contributed by atoms with van der Waals surface area (Å²) in [7, 11) is -1.93. The van der Waals surface area contributed by atoms with Crippen LogP contribution in [0.4, 0.5) is 5.69 Å². The van der Waals surface area contributed by atoms with E-state index in [9.17, 15) is 13.2 Å². The number of aryl methyl sites for hydroxylation is 1. The van der Waals surface area contributed by atoms with Gasteiger partial charge in [0.05, 0.1) is 43.9 Å². The maximum atomic E-state index is 12.8. The standard InChI is InChI=1S/C20H25N3O4S/c1-16-7-9-17(10-8-16)28(25,26)23-13-11-22(12-14-23)15-20(24)21-18-5-3-4-6-19(18)27-2/h3-10H,11-15H2,1-2H3,(H,21,24)/p+1. The number of carbonyl (C=O) groups excluding carboxylic acids is 1. The molecular weight excluding hydrogens is 378 g/mol. The van der Waals surface area contributed by atoms with Gasteiger partial charge in [-0.2, -0.15) is 4.31 Å². The monoisotopic (exact) mass is 404 g/mol. The van der Waals surface area contributed by atoms with Gasteiger partial charge in [-0.3, -0.25) is 4.79 Å². The number of amides is 1. The molecule has 1 aliphatic rings. The van der Waals surface area contributed by atoms with Crippen LogP contribution in [0.1, 0.15) is 5.56 Å². The number of benzene rings is 2. The van der Waals surface area contributed by atoms with Crippen LogP contribution >= 0.6 is 0 Å². The predicted molar refractivity (Wildman–Crippen MR) is 107 cm³/mol. The van der Waals surface area contributed by atoms with E-state index in [1.54, 1.807) is 43.5 Å². The number of ether oxygens (including phenoxy) is 1. The van der Waals surface area contributed by atoms with E-state index in [-0.39, 0.29) is 12.5 Å². The van der Waals surface area contributed by atoms with Crippen molar-refractivity contribution in [2.24, 2.45) is 0 Å². The van der Waals surface area contributed by atoms with Crippen LogP contribution < -0.4 is 15.0 Å². The maximum absolute atomic E-state index is 12.8. The van der Waals surface area contributed by atoms with E-state index in [2.05, 4.69) is 5.32 Å². The van der Waals surface area contributed by atoms with Gasteiger partial charge < -0.3 is 15.0 Å². The first-order valence-electron chi connectivity index (χ1n) is 9.23. The quantitative estimate of drug-likeness (QED) is 0.736. The summed E-state index contributed by atoms with van der Waals surface area (Å²) in [4.78, 5) is 13.7. The van der Waals surface area contributed by atoms with E-state index >= 15 is 0 Å². The number of anilines is 1. The smallest absolute Gasteiger partial charge is 0.279 e. The van der Waals surface area contributed by atoms with Crippen molar-refractivity contribution in [2.45, 2.75) is 11.8 Å². The van der Waals surface area contributed by atoms with E-state index in [1.165, 1.54) is 4.31 Å². The fourth-order valence-corrected chi connectivity index (χ4v) is 4.69. The third-order valence-electron chi connectivity index (χ3n) is 4.88. The van der Waals surface area contributed by atoms with E-state index in [0.29, 0.717) is 42.5 Å². The summed E-state index contributed by atoms with van der Waals surface area (Å²) in [5, 5.41) is 2.86. The molecule has 1 fully saturated rings. The molecule has 0 aliphatic carbocycles. The predicted octanol–water partition coefficient (Wildman–Crippen LogP) is 0.532. The molecule has 0 radical (unpaired) electrons. The van der Waals surface area contributed by atoms with Gasteiger partial charge in [0.25, 0.3) is 5.91 Å². The minimum absolute atomic E-state index is 0.116. The highest BCUT2D eigenvalue weighted by Gasteiger charge is 2.31. The number of piperazine rings is 1. The van der Waals surface area contributed by atoms with Crippen molar-refractivity contribution in [1.29, 1.82) is 0 Å². The number of rotatable bonds is 6. The summed E-state index contributed by atoms with van der Waals surface area (Å²) >= 11 is 0. The first-order valence-corrected chi connectivity index (χ1v) is 10.7. The number of nitrogens with zero attached hydrogens (tertiary/aromatic N) is 1. The summed E-state index contributed by atoms with van der Waals surface area (Å²) < 4.78 is 32.3.